The SMILES string of the molecule is CCCC(C)Oc1nc(N)c2[nH]c(=O)n(CCCCN3CCCCCC3)c2n1. The lowest BCUT2D eigenvalue weighted by Gasteiger charge is -2.19. The van der Waals surface area contributed by atoms with Crippen molar-refractivity contribution in [2.24, 2.45) is 0 Å². The largest absolute Gasteiger partial charge is 0.460 e. The summed E-state index contributed by atoms with van der Waals surface area (Å²) in [6.45, 7) is 8.21. The van der Waals surface area contributed by atoms with E-state index in [4.69, 9.17) is 10.5 Å². The molecule has 0 saturated carbocycles. The quantitative estimate of drug-likeness (QED) is 0.638. The lowest BCUT2D eigenvalue weighted by Crippen LogP contribution is -2.26. The summed E-state index contributed by atoms with van der Waals surface area (Å²) < 4.78 is 7.45. The summed E-state index contributed by atoms with van der Waals surface area (Å²) in [5.74, 6) is 0.254. The van der Waals surface area contributed by atoms with Crippen LogP contribution in [0.5, 0.6) is 6.01 Å². The van der Waals surface area contributed by atoms with Crippen LogP contribution < -0.4 is 16.2 Å². The summed E-state index contributed by atoms with van der Waals surface area (Å²) in [5.41, 5.74) is 6.87. The Labute approximate surface area is 166 Å². The summed E-state index contributed by atoms with van der Waals surface area (Å²) in [4.78, 5) is 26.4. The predicted octanol–water partition coefficient (Wildman–Crippen LogP) is 2.93. The van der Waals surface area contributed by atoms with E-state index in [-0.39, 0.29) is 23.6 Å². The number of aryl methyl sites for hydroxylation is 1. The molecule has 3 rings (SSSR count). The number of aromatic nitrogens is 4. The van der Waals surface area contributed by atoms with E-state index in [1.165, 1.54) is 38.8 Å². The molecule has 8 heteroatoms. The van der Waals surface area contributed by atoms with Gasteiger partial charge in [-0.3, -0.25) is 4.57 Å². The second kappa shape index (κ2) is 9.91. The number of nitrogen functional groups attached to an aromatic ring is 1. The minimum Gasteiger partial charge on any atom is -0.460 e. The monoisotopic (exact) mass is 390 g/mol. The van der Waals surface area contributed by atoms with Gasteiger partial charge in [-0.1, -0.05) is 26.2 Å². The van der Waals surface area contributed by atoms with Gasteiger partial charge in [0.25, 0.3) is 0 Å². The average molecular weight is 391 g/mol. The number of nitrogens with one attached hydrogen (secondary N) is 1. The maximum atomic E-state index is 12.4. The van der Waals surface area contributed by atoms with Crippen LogP contribution in [0.1, 0.15) is 65.2 Å². The van der Waals surface area contributed by atoms with Gasteiger partial charge in [0.05, 0.1) is 6.10 Å². The third-order valence-electron chi connectivity index (χ3n) is 5.44. The van der Waals surface area contributed by atoms with Crippen molar-refractivity contribution < 1.29 is 4.74 Å². The van der Waals surface area contributed by atoms with Gasteiger partial charge in [0, 0.05) is 6.54 Å². The minimum atomic E-state index is -0.190. The number of anilines is 1. The summed E-state index contributed by atoms with van der Waals surface area (Å²) >= 11 is 0. The Morgan fingerprint density at radius 2 is 1.86 bits per heavy atom. The highest BCUT2D eigenvalue weighted by atomic mass is 16.5. The van der Waals surface area contributed by atoms with E-state index < -0.39 is 0 Å². The smallest absolute Gasteiger partial charge is 0.327 e. The van der Waals surface area contributed by atoms with E-state index in [1.807, 2.05) is 6.92 Å². The minimum absolute atomic E-state index is 0.00888. The number of ether oxygens (including phenoxy) is 1. The van der Waals surface area contributed by atoms with Gasteiger partial charge in [-0.05, 0) is 58.7 Å². The van der Waals surface area contributed by atoms with Crippen molar-refractivity contribution in [3.63, 3.8) is 0 Å². The first-order chi connectivity index (χ1) is 13.6. The van der Waals surface area contributed by atoms with Gasteiger partial charge in [0.1, 0.15) is 5.52 Å². The maximum Gasteiger partial charge on any atom is 0.327 e. The molecule has 1 aliphatic rings. The highest BCUT2D eigenvalue weighted by molar-refractivity contribution is 5.81. The number of hydrogen-bond donors (Lipinski definition) is 2. The van der Waals surface area contributed by atoms with Gasteiger partial charge in [-0.15, -0.1) is 0 Å². The molecule has 0 amide bonds. The Morgan fingerprint density at radius 3 is 2.57 bits per heavy atom. The number of fused-ring (bicyclic) bond motifs is 1. The first-order valence-corrected chi connectivity index (χ1v) is 10.7. The van der Waals surface area contributed by atoms with Crippen LogP contribution in [-0.4, -0.2) is 50.2 Å². The zero-order valence-electron chi connectivity index (χ0n) is 17.2. The van der Waals surface area contributed by atoms with Crippen LogP contribution in [0.2, 0.25) is 0 Å². The number of rotatable bonds is 9. The van der Waals surface area contributed by atoms with E-state index in [9.17, 15) is 4.79 Å². The zero-order chi connectivity index (χ0) is 19.9. The number of likely N-dealkylation sites (tertiary alicyclic amines) is 1. The zero-order valence-corrected chi connectivity index (χ0v) is 17.2. The van der Waals surface area contributed by atoms with E-state index in [0.29, 0.717) is 17.7 Å². The standard InChI is InChI=1S/C20H34N6O2/c1-3-10-15(2)28-19-23-17(21)16-18(24-19)26(20(27)22-16)14-9-8-13-25-11-6-4-5-7-12-25/h15H,3-14H2,1-2H3,(H,22,27)(H2,21,23,24). The molecule has 8 nitrogen and oxygen atoms in total. The lowest BCUT2D eigenvalue weighted by molar-refractivity contribution is 0.193. The summed E-state index contributed by atoms with van der Waals surface area (Å²) in [6.07, 6.45) is 9.24. The Bertz CT molecular complexity index is 807. The van der Waals surface area contributed by atoms with E-state index in [1.54, 1.807) is 4.57 Å². The molecule has 1 atom stereocenters. The molecule has 0 radical (unpaired) electrons. The predicted molar refractivity (Wildman–Crippen MR) is 112 cm³/mol. The second-order valence-electron chi connectivity index (χ2n) is 7.85. The van der Waals surface area contributed by atoms with E-state index >= 15 is 0 Å². The molecule has 0 aliphatic carbocycles. The first-order valence-electron chi connectivity index (χ1n) is 10.7. The van der Waals surface area contributed by atoms with Gasteiger partial charge in [0.2, 0.25) is 0 Å². The Hall–Kier alpha value is -2.09. The van der Waals surface area contributed by atoms with Crippen molar-refractivity contribution in [2.45, 2.75) is 77.9 Å². The highest BCUT2D eigenvalue weighted by Crippen LogP contribution is 2.19. The third kappa shape index (κ3) is 5.25. The molecule has 1 unspecified atom stereocenters. The average Bonchev–Trinajstić information content (AvgIpc) is 2.83. The molecule has 2 aromatic rings. The molecular weight excluding hydrogens is 356 g/mol. The van der Waals surface area contributed by atoms with Crippen molar-refractivity contribution >= 4 is 17.0 Å². The van der Waals surface area contributed by atoms with Gasteiger partial charge in [0.15, 0.2) is 11.5 Å². The molecule has 0 bridgehead atoms. The number of unbranched alkanes of at least 4 members (excludes halogenated alkanes) is 1. The number of nitrogens with zero attached hydrogens (tertiary/aromatic N) is 4. The van der Waals surface area contributed by atoms with Gasteiger partial charge < -0.3 is 20.4 Å². The van der Waals surface area contributed by atoms with Crippen molar-refractivity contribution in [3.05, 3.63) is 10.5 Å². The summed E-state index contributed by atoms with van der Waals surface area (Å²) in [7, 11) is 0. The van der Waals surface area contributed by atoms with Crippen LogP contribution in [0.25, 0.3) is 11.2 Å². The van der Waals surface area contributed by atoms with Crippen LogP contribution in [0.15, 0.2) is 4.79 Å². The third-order valence-corrected chi connectivity index (χ3v) is 5.44. The molecular formula is C20H34N6O2. The number of H-pyrrole nitrogens is 1. The van der Waals surface area contributed by atoms with E-state index in [2.05, 4.69) is 26.8 Å². The van der Waals surface area contributed by atoms with Crippen LogP contribution in [0.4, 0.5) is 5.82 Å². The van der Waals surface area contributed by atoms with Crippen molar-refractivity contribution in [2.75, 3.05) is 25.4 Å². The molecule has 1 saturated heterocycles. The molecule has 0 aromatic carbocycles. The van der Waals surface area contributed by atoms with Crippen LogP contribution in [0, 0.1) is 0 Å². The van der Waals surface area contributed by atoms with Gasteiger partial charge in [-0.2, -0.15) is 9.97 Å². The molecule has 3 N–H and O–H groups in total. The molecule has 2 aromatic heterocycles. The first kappa shape index (κ1) is 20.6. The maximum absolute atomic E-state index is 12.4. The molecule has 1 aliphatic heterocycles. The normalized spacial score (nSPS) is 16.9. The lowest BCUT2D eigenvalue weighted by atomic mass is 10.2. The second-order valence-corrected chi connectivity index (χ2v) is 7.85. The molecule has 3 heterocycles. The number of imidazole rings is 1. The number of hydrogen-bond acceptors (Lipinski definition) is 6. The summed E-state index contributed by atoms with van der Waals surface area (Å²) in [6, 6.07) is 0.239. The Kier molecular flexibility index (Phi) is 7.30. The molecule has 0 spiro atoms. The van der Waals surface area contributed by atoms with Crippen LogP contribution >= 0.6 is 0 Å². The molecule has 156 valence electrons. The van der Waals surface area contributed by atoms with Gasteiger partial charge in [-0.25, -0.2) is 4.79 Å². The van der Waals surface area contributed by atoms with Crippen LogP contribution in [0.3, 0.4) is 0 Å². The fraction of sp³-hybridized carbons (Fsp3) is 0.750. The van der Waals surface area contributed by atoms with E-state index in [0.717, 1.165) is 32.2 Å². The fourth-order valence-corrected chi connectivity index (χ4v) is 3.90. The highest BCUT2D eigenvalue weighted by Gasteiger charge is 2.16. The van der Waals surface area contributed by atoms with Crippen molar-refractivity contribution in [1.82, 2.24) is 24.4 Å². The Morgan fingerprint density at radius 1 is 1.14 bits per heavy atom. The number of nitrogens with two attached hydrogens (primary N) is 1. The topological polar surface area (TPSA) is 102 Å². The Balaban J connectivity index is 1.65. The molecule has 28 heavy (non-hydrogen) atoms. The number of aromatic amines is 1. The summed E-state index contributed by atoms with van der Waals surface area (Å²) in [5, 5.41) is 0. The van der Waals surface area contributed by atoms with Gasteiger partial charge >= 0.3 is 11.7 Å². The fourth-order valence-electron chi connectivity index (χ4n) is 3.90. The van der Waals surface area contributed by atoms with Crippen molar-refractivity contribution in [3.8, 4) is 6.01 Å². The van der Waals surface area contributed by atoms with Crippen molar-refractivity contribution in [1.29, 1.82) is 0 Å². The molecule has 1 fully saturated rings. The van der Waals surface area contributed by atoms with Crippen LogP contribution in [-0.2, 0) is 6.54 Å².